The molecule has 1 fully saturated rings. The minimum atomic E-state index is -0.00594. The Balaban J connectivity index is 0.00000140. The molecule has 2 aromatic rings. The molecule has 0 bridgehead atoms. The number of anilines is 1. The minimum Gasteiger partial charge on any atom is -0.459 e. The molecule has 4 rings (SSSR count). The van der Waals surface area contributed by atoms with Crippen LogP contribution in [0.2, 0.25) is 0 Å². The third kappa shape index (κ3) is 4.02. The maximum absolute atomic E-state index is 13.1. The molecule has 2 aliphatic rings. The molecule has 0 aliphatic carbocycles. The Kier molecular flexibility index (Phi) is 7.43. The van der Waals surface area contributed by atoms with Crippen molar-refractivity contribution in [3.05, 3.63) is 53.5 Å². The van der Waals surface area contributed by atoms with Crippen LogP contribution in [0.5, 0.6) is 0 Å². The van der Waals surface area contributed by atoms with Crippen molar-refractivity contribution >= 4 is 36.4 Å². The molecule has 2 aliphatic heterocycles. The van der Waals surface area contributed by atoms with Crippen molar-refractivity contribution in [3.8, 4) is 0 Å². The van der Waals surface area contributed by atoms with E-state index >= 15 is 0 Å². The fourth-order valence-electron chi connectivity index (χ4n) is 4.43. The number of benzene rings is 1. The second-order valence-electron chi connectivity index (χ2n) is 7.73. The Hall–Kier alpha value is -1.69. The lowest BCUT2D eigenvalue weighted by atomic mass is 10.1. The number of nitrogens with two attached hydrogens (primary N) is 1. The van der Waals surface area contributed by atoms with Crippen LogP contribution in [0.15, 0.2) is 41.0 Å². The van der Waals surface area contributed by atoms with Gasteiger partial charge in [0, 0.05) is 36.4 Å². The van der Waals surface area contributed by atoms with E-state index in [-0.39, 0.29) is 36.8 Å². The van der Waals surface area contributed by atoms with Gasteiger partial charge in [0.1, 0.15) is 0 Å². The van der Waals surface area contributed by atoms with Crippen LogP contribution in [-0.4, -0.2) is 36.0 Å². The van der Waals surface area contributed by atoms with Gasteiger partial charge in [0.25, 0.3) is 5.91 Å². The third-order valence-electron chi connectivity index (χ3n) is 5.89. The van der Waals surface area contributed by atoms with E-state index in [0.29, 0.717) is 30.8 Å². The van der Waals surface area contributed by atoms with E-state index < -0.39 is 0 Å². The van der Waals surface area contributed by atoms with Crippen LogP contribution < -0.4 is 10.6 Å². The van der Waals surface area contributed by atoms with Crippen LogP contribution in [-0.2, 0) is 13.0 Å². The van der Waals surface area contributed by atoms with Gasteiger partial charge >= 0.3 is 0 Å². The molecule has 0 radical (unpaired) electrons. The summed E-state index contributed by atoms with van der Waals surface area (Å²) in [6.07, 6.45) is 3.64. The van der Waals surface area contributed by atoms with Crippen LogP contribution in [0, 0.1) is 5.92 Å². The maximum atomic E-state index is 13.1. The van der Waals surface area contributed by atoms with Gasteiger partial charge in [0.2, 0.25) is 0 Å². The monoisotopic (exact) mass is 425 g/mol. The van der Waals surface area contributed by atoms with Gasteiger partial charge in [0.05, 0.1) is 6.26 Å². The highest BCUT2D eigenvalue weighted by Crippen LogP contribution is 2.34. The van der Waals surface area contributed by atoms with Gasteiger partial charge in [-0.15, -0.1) is 24.8 Å². The first-order valence-electron chi connectivity index (χ1n) is 9.50. The molecule has 2 N–H and O–H groups in total. The highest BCUT2D eigenvalue weighted by atomic mass is 35.5. The molecule has 1 aromatic carbocycles. The lowest BCUT2D eigenvalue weighted by Crippen LogP contribution is -2.35. The summed E-state index contributed by atoms with van der Waals surface area (Å²) >= 11 is 0. The van der Waals surface area contributed by atoms with Gasteiger partial charge in [-0.2, -0.15) is 0 Å². The average molecular weight is 426 g/mol. The molecule has 0 spiro atoms. The van der Waals surface area contributed by atoms with Crippen LogP contribution in [0.4, 0.5) is 5.69 Å². The molecule has 28 heavy (non-hydrogen) atoms. The van der Waals surface area contributed by atoms with Crippen molar-refractivity contribution in [3.63, 3.8) is 0 Å². The van der Waals surface area contributed by atoms with Crippen molar-refractivity contribution in [1.29, 1.82) is 0 Å². The largest absolute Gasteiger partial charge is 0.459 e. The standard InChI is InChI=1S/C21H27N3O2.2ClH/c1-14-9-16(11-22)12-24(14)21(25)20-18(7-8-26-20)13-23-15(2)10-17-5-3-4-6-19(17)23;;/h3-8,14-16H,9-13,22H2,1-2H3;2*1H. The Labute approximate surface area is 179 Å². The predicted octanol–water partition coefficient (Wildman–Crippen LogP) is 3.88. The number of para-hydroxylation sites is 1. The Morgan fingerprint density at radius 2 is 1.93 bits per heavy atom. The summed E-state index contributed by atoms with van der Waals surface area (Å²) in [5, 5.41) is 0. The first-order chi connectivity index (χ1) is 12.6. The van der Waals surface area contributed by atoms with Crippen LogP contribution in [0.3, 0.4) is 0 Å². The molecule has 154 valence electrons. The zero-order valence-electron chi connectivity index (χ0n) is 16.3. The molecule has 1 aromatic heterocycles. The Morgan fingerprint density at radius 3 is 2.64 bits per heavy atom. The number of nitrogens with zero attached hydrogens (tertiary/aromatic N) is 2. The lowest BCUT2D eigenvalue weighted by Gasteiger charge is -2.26. The number of hydrogen-bond acceptors (Lipinski definition) is 4. The van der Waals surface area contributed by atoms with Gasteiger partial charge in [-0.1, -0.05) is 18.2 Å². The molecule has 3 unspecified atom stereocenters. The summed E-state index contributed by atoms with van der Waals surface area (Å²) in [7, 11) is 0. The summed E-state index contributed by atoms with van der Waals surface area (Å²) in [4.78, 5) is 17.4. The van der Waals surface area contributed by atoms with Crippen LogP contribution in [0.25, 0.3) is 0 Å². The van der Waals surface area contributed by atoms with Crippen LogP contribution >= 0.6 is 24.8 Å². The summed E-state index contributed by atoms with van der Waals surface area (Å²) in [5.41, 5.74) is 9.40. The van der Waals surface area contributed by atoms with E-state index in [9.17, 15) is 4.79 Å². The summed E-state index contributed by atoms with van der Waals surface area (Å²) in [6, 6.07) is 11.1. The SMILES string of the molecule is CC1CC(CN)CN1C(=O)c1occc1CN1c2ccccc2CC1C.Cl.Cl. The molecule has 1 amide bonds. The van der Waals surface area contributed by atoms with E-state index in [2.05, 4.69) is 43.0 Å². The number of likely N-dealkylation sites (tertiary alicyclic amines) is 1. The number of carbonyl (C=O) groups excluding carboxylic acids is 1. The first kappa shape index (κ1) is 22.6. The molecule has 1 saturated heterocycles. The highest BCUT2D eigenvalue weighted by Gasteiger charge is 2.35. The normalized spacial score (nSPS) is 23.2. The van der Waals surface area contributed by atoms with Crippen molar-refractivity contribution < 1.29 is 9.21 Å². The van der Waals surface area contributed by atoms with Crippen molar-refractivity contribution in [2.45, 2.75) is 45.3 Å². The number of furan rings is 1. The van der Waals surface area contributed by atoms with Crippen LogP contribution in [0.1, 0.15) is 41.9 Å². The summed E-state index contributed by atoms with van der Waals surface area (Å²) in [5.74, 6) is 0.859. The lowest BCUT2D eigenvalue weighted by molar-refractivity contribution is 0.0709. The number of amides is 1. The summed E-state index contributed by atoms with van der Waals surface area (Å²) in [6.45, 7) is 6.37. The second kappa shape index (κ2) is 9.21. The van der Waals surface area contributed by atoms with Gasteiger partial charge in [-0.3, -0.25) is 4.79 Å². The highest BCUT2D eigenvalue weighted by molar-refractivity contribution is 5.93. The van der Waals surface area contributed by atoms with Gasteiger partial charge < -0.3 is 20.0 Å². The zero-order chi connectivity index (χ0) is 18.3. The predicted molar refractivity (Wildman–Crippen MR) is 117 cm³/mol. The summed E-state index contributed by atoms with van der Waals surface area (Å²) < 4.78 is 5.64. The Morgan fingerprint density at radius 1 is 1.18 bits per heavy atom. The number of rotatable bonds is 4. The number of carbonyl (C=O) groups is 1. The second-order valence-corrected chi connectivity index (χ2v) is 7.73. The van der Waals surface area contributed by atoms with E-state index in [4.69, 9.17) is 10.2 Å². The van der Waals surface area contributed by atoms with E-state index in [1.165, 1.54) is 11.3 Å². The molecule has 7 heteroatoms. The molecule has 3 atom stereocenters. The average Bonchev–Trinajstić information content (AvgIpc) is 3.33. The van der Waals surface area contributed by atoms with Crippen molar-refractivity contribution in [1.82, 2.24) is 4.90 Å². The smallest absolute Gasteiger partial charge is 0.290 e. The number of halogens is 2. The zero-order valence-corrected chi connectivity index (χ0v) is 18.0. The van der Waals surface area contributed by atoms with E-state index in [0.717, 1.165) is 24.9 Å². The number of fused-ring (bicyclic) bond motifs is 1. The van der Waals surface area contributed by atoms with E-state index in [1.807, 2.05) is 11.0 Å². The van der Waals surface area contributed by atoms with Gasteiger partial charge in [-0.05, 0) is 56.8 Å². The number of hydrogen-bond donors (Lipinski definition) is 1. The van der Waals surface area contributed by atoms with Gasteiger partial charge in [0.15, 0.2) is 5.76 Å². The maximum Gasteiger partial charge on any atom is 0.290 e. The molecular formula is C21H29Cl2N3O2. The van der Waals surface area contributed by atoms with Gasteiger partial charge in [-0.25, -0.2) is 0 Å². The molecular weight excluding hydrogens is 397 g/mol. The molecule has 5 nitrogen and oxygen atoms in total. The minimum absolute atomic E-state index is 0. The first-order valence-corrected chi connectivity index (χ1v) is 9.50. The Bertz CT molecular complexity index is 810. The topological polar surface area (TPSA) is 62.7 Å². The van der Waals surface area contributed by atoms with Crippen molar-refractivity contribution in [2.24, 2.45) is 11.7 Å². The quantitative estimate of drug-likeness (QED) is 0.806. The fourth-order valence-corrected chi connectivity index (χ4v) is 4.43. The van der Waals surface area contributed by atoms with Crippen molar-refractivity contribution in [2.75, 3.05) is 18.0 Å². The molecule has 0 saturated carbocycles. The third-order valence-corrected chi connectivity index (χ3v) is 5.89. The fraction of sp³-hybridized carbons (Fsp3) is 0.476. The molecule has 3 heterocycles. The van der Waals surface area contributed by atoms with E-state index in [1.54, 1.807) is 6.26 Å².